The van der Waals surface area contributed by atoms with Crippen molar-refractivity contribution >= 4 is 24.1 Å². The molecule has 0 saturated carbocycles. The smallest absolute Gasteiger partial charge is 0.270 e. The second kappa shape index (κ2) is 6.91. The minimum absolute atomic E-state index is 0. The highest BCUT2D eigenvalue weighted by Gasteiger charge is 2.11. The number of nitro groups is 1. The summed E-state index contributed by atoms with van der Waals surface area (Å²) in [5.41, 5.74) is 12.7. The Morgan fingerprint density at radius 1 is 1.42 bits per heavy atom. The molecule has 0 atom stereocenters. The molecule has 1 rings (SSSR count). The summed E-state index contributed by atoms with van der Waals surface area (Å²) >= 11 is 0. The van der Waals surface area contributed by atoms with Gasteiger partial charge in [-0.3, -0.25) is 0 Å². The first-order valence-corrected chi connectivity index (χ1v) is 5.39. The molecule has 0 bridgehead atoms. The van der Waals surface area contributed by atoms with Crippen LogP contribution in [-0.2, 0) is 6.42 Å². The molecule has 0 radical (unpaired) electrons. The number of anilines is 1. The Morgan fingerprint density at radius 2 is 1.95 bits per heavy atom. The highest BCUT2D eigenvalue weighted by atomic mass is 35.5. The third-order valence-corrected chi connectivity index (χ3v) is 2.08. The molecule has 0 aliphatic rings. The molecule has 1 aromatic carbocycles. The number of hydrogen-bond acceptors (Lipinski definition) is 3. The molecule has 19 heavy (non-hydrogen) atoms. The van der Waals surface area contributed by atoms with E-state index in [1.165, 1.54) is 0 Å². The maximum Gasteiger partial charge on any atom is 0.270 e. The number of halogens is 1. The van der Waals surface area contributed by atoms with Crippen molar-refractivity contribution in [2.24, 2.45) is 16.6 Å². The fourth-order valence-corrected chi connectivity index (χ4v) is 1.49. The predicted octanol–water partition coefficient (Wildman–Crippen LogP) is 1.31. The highest BCUT2D eigenvalue weighted by molar-refractivity contribution is 5.91. The van der Waals surface area contributed by atoms with Crippen molar-refractivity contribution in [1.29, 1.82) is 0 Å². The predicted molar refractivity (Wildman–Crippen MR) is 77.9 cm³/mol. The van der Waals surface area contributed by atoms with Gasteiger partial charge in [-0.2, -0.15) is 0 Å². The summed E-state index contributed by atoms with van der Waals surface area (Å²) in [6.07, 6.45) is 0.742. The summed E-state index contributed by atoms with van der Waals surface area (Å²) in [6, 6.07) is 7.31. The van der Waals surface area contributed by atoms with Gasteiger partial charge in [-0.05, 0) is 38.0 Å². The van der Waals surface area contributed by atoms with Crippen molar-refractivity contribution in [2.45, 2.75) is 25.8 Å². The summed E-state index contributed by atoms with van der Waals surface area (Å²) in [7, 11) is 0. The third kappa shape index (κ3) is 7.22. The molecule has 0 heterocycles. The normalized spacial score (nSPS) is 11.6. The van der Waals surface area contributed by atoms with Crippen molar-refractivity contribution in [3.05, 3.63) is 39.9 Å². The van der Waals surface area contributed by atoms with Crippen LogP contribution in [-0.4, -0.2) is 16.5 Å². The van der Waals surface area contributed by atoms with E-state index in [4.69, 9.17) is 11.5 Å². The molecule has 106 valence electrons. The van der Waals surface area contributed by atoms with Crippen LogP contribution in [0.15, 0.2) is 29.4 Å². The Hall–Kier alpha value is -1.86. The molecule has 0 spiro atoms. The zero-order chi connectivity index (χ0) is 13.8. The van der Waals surface area contributed by atoms with E-state index < -0.39 is 5.03 Å². The van der Waals surface area contributed by atoms with E-state index in [1.807, 2.05) is 26.0 Å². The van der Waals surface area contributed by atoms with Gasteiger partial charge in [-0.1, -0.05) is 12.1 Å². The largest absolute Gasteiger partial charge is 0.364 e. The maximum atomic E-state index is 10.1. The molecular formula is C11H18ClN5O2. The number of benzene rings is 1. The van der Waals surface area contributed by atoms with Crippen LogP contribution in [0.5, 0.6) is 0 Å². The van der Waals surface area contributed by atoms with Gasteiger partial charge in [0.25, 0.3) is 5.96 Å². The van der Waals surface area contributed by atoms with Gasteiger partial charge in [0.1, 0.15) is 5.10 Å². The summed E-state index contributed by atoms with van der Waals surface area (Å²) in [4.78, 5) is 10.1. The lowest BCUT2D eigenvalue weighted by Crippen LogP contribution is -2.34. The molecule has 0 aliphatic carbocycles. The lowest BCUT2D eigenvalue weighted by molar-refractivity contribution is -0.485. The summed E-state index contributed by atoms with van der Waals surface area (Å²) in [5.74, 6) is -0.257. The molecule has 1 aromatic rings. The molecular weight excluding hydrogens is 270 g/mol. The second-order valence-electron chi connectivity index (χ2n) is 4.71. The standard InChI is InChI=1S/C11H17N5O2.ClH/c1-11(2,13)7-8-3-5-9(6-4-8)14-10(12)15-16(17)18;/h3-6H,7,13H2,1-2H3,(H3,12,14,15);1H. The van der Waals surface area contributed by atoms with Gasteiger partial charge in [-0.25, -0.2) is 10.1 Å². The monoisotopic (exact) mass is 287 g/mol. The Bertz CT molecular complexity index is 453. The van der Waals surface area contributed by atoms with Gasteiger partial charge in [-0.15, -0.1) is 12.4 Å². The van der Waals surface area contributed by atoms with Crippen molar-refractivity contribution in [2.75, 3.05) is 5.32 Å². The van der Waals surface area contributed by atoms with E-state index in [-0.39, 0.29) is 23.9 Å². The Morgan fingerprint density at radius 3 is 2.37 bits per heavy atom. The molecule has 0 unspecified atom stereocenters. The van der Waals surface area contributed by atoms with Crippen molar-refractivity contribution in [3.63, 3.8) is 0 Å². The average molecular weight is 288 g/mol. The molecule has 0 aromatic heterocycles. The number of hydrazone groups is 1. The highest BCUT2D eigenvalue weighted by Crippen LogP contribution is 2.13. The van der Waals surface area contributed by atoms with Crippen molar-refractivity contribution < 1.29 is 5.03 Å². The van der Waals surface area contributed by atoms with Gasteiger partial charge in [0.2, 0.25) is 0 Å². The van der Waals surface area contributed by atoms with Crippen LogP contribution in [0.2, 0.25) is 0 Å². The zero-order valence-corrected chi connectivity index (χ0v) is 11.6. The number of nitrogens with two attached hydrogens (primary N) is 2. The van der Waals surface area contributed by atoms with Gasteiger partial charge >= 0.3 is 0 Å². The zero-order valence-electron chi connectivity index (χ0n) is 10.8. The maximum absolute atomic E-state index is 10.1. The first kappa shape index (κ1) is 17.1. The van der Waals surface area contributed by atoms with Gasteiger partial charge in [0.05, 0.1) is 0 Å². The Labute approximate surface area is 117 Å². The van der Waals surface area contributed by atoms with Crippen LogP contribution in [0.3, 0.4) is 0 Å². The van der Waals surface area contributed by atoms with Crippen LogP contribution >= 0.6 is 12.4 Å². The quantitative estimate of drug-likeness (QED) is 0.334. The number of rotatable bonds is 4. The number of guanidine groups is 1. The first-order chi connectivity index (χ1) is 8.26. The Balaban J connectivity index is 0.00000324. The molecule has 8 heteroatoms. The molecule has 0 aliphatic heterocycles. The fraction of sp³-hybridized carbons (Fsp3) is 0.364. The Kier molecular flexibility index (Phi) is 6.23. The number of hydrogen-bond donors (Lipinski definition) is 3. The molecule has 7 nitrogen and oxygen atoms in total. The van der Waals surface area contributed by atoms with Crippen LogP contribution in [0, 0.1) is 10.1 Å². The van der Waals surface area contributed by atoms with Gasteiger partial charge < -0.3 is 16.8 Å². The van der Waals surface area contributed by atoms with Crippen LogP contribution < -0.4 is 16.8 Å². The fourth-order valence-electron chi connectivity index (χ4n) is 1.49. The number of nitrogens with zero attached hydrogens (tertiary/aromatic N) is 2. The van der Waals surface area contributed by atoms with E-state index in [2.05, 4.69) is 10.4 Å². The van der Waals surface area contributed by atoms with Crippen molar-refractivity contribution in [1.82, 2.24) is 0 Å². The minimum Gasteiger partial charge on any atom is -0.364 e. The minimum atomic E-state index is -0.854. The van der Waals surface area contributed by atoms with Crippen molar-refractivity contribution in [3.8, 4) is 0 Å². The van der Waals surface area contributed by atoms with Gasteiger partial charge in [0.15, 0.2) is 5.03 Å². The van der Waals surface area contributed by atoms with E-state index in [9.17, 15) is 10.1 Å². The average Bonchev–Trinajstić information content (AvgIpc) is 2.17. The van der Waals surface area contributed by atoms with Gasteiger partial charge in [0, 0.05) is 11.2 Å². The third-order valence-electron chi connectivity index (χ3n) is 2.08. The lowest BCUT2D eigenvalue weighted by atomic mass is 9.96. The molecule has 0 amide bonds. The second-order valence-corrected chi connectivity index (χ2v) is 4.71. The summed E-state index contributed by atoms with van der Waals surface area (Å²) < 4.78 is 0. The topological polar surface area (TPSA) is 120 Å². The van der Waals surface area contributed by atoms with E-state index in [1.54, 1.807) is 12.1 Å². The van der Waals surface area contributed by atoms with E-state index >= 15 is 0 Å². The molecule has 0 saturated heterocycles. The van der Waals surface area contributed by atoms with Crippen LogP contribution in [0.25, 0.3) is 0 Å². The molecule has 5 N–H and O–H groups in total. The van der Waals surface area contributed by atoms with E-state index in [0.29, 0.717) is 5.69 Å². The lowest BCUT2D eigenvalue weighted by Gasteiger charge is -2.18. The SMILES string of the molecule is CC(C)(N)Cc1ccc(NC(N)=N[N+](=O)[O-])cc1.Cl. The van der Waals surface area contributed by atoms with Crippen LogP contribution in [0.1, 0.15) is 19.4 Å². The molecule has 0 fully saturated rings. The number of nitrogens with one attached hydrogen (secondary N) is 1. The first-order valence-electron chi connectivity index (χ1n) is 5.39. The van der Waals surface area contributed by atoms with E-state index in [0.717, 1.165) is 12.0 Å². The van der Waals surface area contributed by atoms with Crippen LogP contribution in [0.4, 0.5) is 5.69 Å². The summed E-state index contributed by atoms with van der Waals surface area (Å²) in [5, 5.41) is 14.8. The summed E-state index contributed by atoms with van der Waals surface area (Å²) in [6.45, 7) is 3.89.